The third-order valence-corrected chi connectivity index (χ3v) is 7.83. The molecule has 6 rings (SSSR count). The number of methoxy groups -OCH3 is 1. The first kappa shape index (κ1) is 31.9. The number of anilines is 2. The summed E-state index contributed by atoms with van der Waals surface area (Å²) < 4.78 is 9.42. The highest BCUT2D eigenvalue weighted by molar-refractivity contribution is 6.08. The summed E-state index contributed by atoms with van der Waals surface area (Å²) in [6, 6.07) is 15.1. The van der Waals surface area contributed by atoms with Crippen molar-refractivity contribution in [1.82, 2.24) is 29.2 Å². The lowest BCUT2D eigenvalue weighted by atomic mass is 10.1. The van der Waals surface area contributed by atoms with Gasteiger partial charge in [0.1, 0.15) is 35.8 Å². The molecule has 0 bridgehead atoms. The summed E-state index contributed by atoms with van der Waals surface area (Å²) in [5.41, 5.74) is 10.1. The number of aromatic nitrogens is 5. The molecular weight excluding hydrogens is 590 g/mol. The van der Waals surface area contributed by atoms with E-state index in [0.717, 1.165) is 49.3 Å². The van der Waals surface area contributed by atoms with E-state index in [0.29, 0.717) is 39.7 Å². The van der Waals surface area contributed by atoms with Crippen molar-refractivity contribution in [2.24, 2.45) is 0 Å². The third kappa shape index (κ3) is 6.61. The molecule has 0 radical (unpaired) electrons. The number of carboxylic acids is 1. The van der Waals surface area contributed by atoms with E-state index >= 15 is 0 Å². The summed E-state index contributed by atoms with van der Waals surface area (Å²) in [6.07, 6.45) is 3.45. The second-order valence-corrected chi connectivity index (χ2v) is 11.2. The number of carbonyl (C=O) groups is 3. The molecule has 14 heteroatoms. The molecule has 2 aromatic carbocycles. The Hall–Kier alpha value is -5.50. The predicted octanol–water partition coefficient (Wildman–Crippen LogP) is 1.03. The Morgan fingerprint density at radius 1 is 1.11 bits per heavy atom. The molecule has 0 saturated carbocycles. The number of benzene rings is 2. The fourth-order valence-electron chi connectivity index (χ4n) is 5.58. The van der Waals surface area contributed by atoms with Gasteiger partial charge in [-0.1, -0.05) is 24.3 Å². The number of nitrogens with two attached hydrogens (primary N) is 2. The maximum Gasteiger partial charge on any atom is 0.272 e. The van der Waals surface area contributed by atoms with Crippen molar-refractivity contribution >= 4 is 51.2 Å². The number of piperidine rings is 1. The summed E-state index contributed by atoms with van der Waals surface area (Å²) in [7, 11) is 4.94. The van der Waals surface area contributed by atoms with Crippen LogP contribution in [0.1, 0.15) is 36.3 Å². The van der Waals surface area contributed by atoms with Gasteiger partial charge in [0.2, 0.25) is 5.91 Å². The number of rotatable bonds is 7. The maximum absolute atomic E-state index is 13.6. The topological polar surface area (TPSA) is 190 Å². The van der Waals surface area contributed by atoms with Crippen molar-refractivity contribution < 1.29 is 29.5 Å². The van der Waals surface area contributed by atoms with Gasteiger partial charge in [-0.15, -0.1) is 0 Å². The Bertz CT molecular complexity index is 1900. The van der Waals surface area contributed by atoms with Crippen molar-refractivity contribution in [1.29, 1.82) is 0 Å². The van der Waals surface area contributed by atoms with Crippen LogP contribution in [0.25, 0.3) is 33.2 Å². The van der Waals surface area contributed by atoms with Crippen LogP contribution >= 0.6 is 0 Å². The number of para-hydroxylation sites is 1. The molecule has 3 aromatic heterocycles. The minimum Gasteiger partial charge on any atom is -0.550 e. The van der Waals surface area contributed by atoms with Crippen molar-refractivity contribution in [3.63, 3.8) is 0 Å². The van der Waals surface area contributed by atoms with E-state index in [2.05, 4.69) is 20.6 Å². The normalized spacial score (nSPS) is 13.2. The van der Waals surface area contributed by atoms with Gasteiger partial charge in [0.05, 0.1) is 37.3 Å². The van der Waals surface area contributed by atoms with Crippen molar-refractivity contribution in [2.45, 2.75) is 32.4 Å². The van der Waals surface area contributed by atoms with E-state index in [1.807, 2.05) is 41.1 Å². The first-order chi connectivity index (χ1) is 22.1. The highest BCUT2D eigenvalue weighted by Gasteiger charge is 2.26. The lowest BCUT2D eigenvalue weighted by molar-refractivity contribution is -0.664. The van der Waals surface area contributed by atoms with Gasteiger partial charge in [0.15, 0.2) is 5.65 Å². The van der Waals surface area contributed by atoms with Crippen LogP contribution in [0, 0.1) is 0 Å². The largest absolute Gasteiger partial charge is 0.550 e. The lowest BCUT2D eigenvalue weighted by Crippen LogP contribution is -2.86. The van der Waals surface area contributed by atoms with E-state index in [1.54, 1.807) is 37.9 Å². The molecule has 4 heterocycles. The summed E-state index contributed by atoms with van der Waals surface area (Å²) in [5, 5.41) is 20.7. The second kappa shape index (κ2) is 13.6. The van der Waals surface area contributed by atoms with E-state index in [9.17, 15) is 9.59 Å². The Balaban J connectivity index is 0.000000985. The van der Waals surface area contributed by atoms with Crippen LogP contribution in [0.2, 0.25) is 0 Å². The molecule has 0 unspecified atom stereocenters. The fourth-order valence-corrected chi connectivity index (χ4v) is 5.58. The number of carboxylic acid groups (broad SMARTS) is 1. The zero-order chi connectivity index (χ0) is 33.0. The number of hydrogen-bond acceptors (Lipinski definition) is 9. The van der Waals surface area contributed by atoms with Gasteiger partial charge in [-0.3, -0.25) is 9.59 Å². The summed E-state index contributed by atoms with van der Waals surface area (Å²) in [4.78, 5) is 45.4. The van der Waals surface area contributed by atoms with Gasteiger partial charge in [-0.25, -0.2) is 14.6 Å². The molecule has 5 N–H and O–H groups in total. The highest BCUT2D eigenvalue weighted by Crippen LogP contribution is 2.37. The third-order valence-electron chi connectivity index (χ3n) is 7.83. The quantitative estimate of drug-likeness (QED) is 0.237. The number of likely N-dealkylation sites (N-methyl/N-ethyl adjacent to an activating group) is 1. The van der Waals surface area contributed by atoms with Crippen LogP contribution in [0.5, 0.6) is 5.75 Å². The molecule has 14 nitrogen and oxygen atoms in total. The van der Waals surface area contributed by atoms with Crippen LogP contribution in [-0.2, 0) is 16.1 Å². The molecule has 46 heavy (non-hydrogen) atoms. The Morgan fingerprint density at radius 2 is 1.83 bits per heavy atom. The van der Waals surface area contributed by atoms with Gasteiger partial charge in [-0.05, 0) is 31.2 Å². The molecule has 1 fully saturated rings. The minimum absolute atomic E-state index is 0.0393. The van der Waals surface area contributed by atoms with Crippen LogP contribution in [0.3, 0.4) is 0 Å². The molecule has 0 spiro atoms. The zero-order valence-corrected chi connectivity index (χ0v) is 26.2. The van der Waals surface area contributed by atoms with Gasteiger partial charge in [0, 0.05) is 49.4 Å². The van der Waals surface area contributed by atoms with Gasteiger partial charge >= 0.3 is 0 Å². The minimum atomic E-state index is -1.08. The number of aliphatic carboxylic acids is 1. The fraction of sp³-hybridized carbons (Fsp3) is 0.312. The molecule has 5 aromatic rings. The average Bonchev–Trinajstić information content (AvgIpc) is 3.61. The number of nitrogens with zero attached hydrogens (tertiary/aromatic N) is 6. The van der Waals surface area contributed by atoms with E-state index in [1.165, 1.54) is 11.2 Å². The maximum atomic E-state index is 13.6. The Kier molecular flexibility index (Phi) is 9.47. The standard InChI is InChI=1S/C30H33N9O3.C2H4O2/c1-37(2)25(40)16-38-22-7-5-4-6-18(22)14-23(38)30(41)35-21-9-8-19(15-24(21)42-3)27-26-28(31)33-17-34-29(26)39(36-27)20-10-12-32-13-11-20;1-2(3)4/h4-9,14-15,17,20,32H,10-13,16H2,1-3H3,(H,35,41)(H2,31,33,34);1H3,(H,3,4). The molecule has 0 atom stereocenters. The summed E-state index contributed by atoms with van der Waals surface area (Å²) >= 11 is 0. The number of quaternary nitrogens is 1. The number of fused-ring (bicyclic) bond motifs is 2. The molecular formula is C32H37N9O5. The first-order valence-electron chi connectivity index (χ1n) is 14.8. The van der Waals surface area contributed by atoms with Gasteiger partial charge < -0.3 is 40.5 Å². The molecule has 240 valence electrons. The monoisotopic (exact) mass is 627 g/mol. The van der Waals surface area contributed by atoms with Crippen molar-refractivity contribution in [3.8, 4) is 17.0 Å². The average molecular weight is 628 g/mol. The molecule has 2 amide bonds. The van der Waals surface area contributed by atoms with E-state index in [4.69, 9.17) is 25.5 Å². The SMILES string of the molecule is CC(=O)[O-].COc1cc(-c2nn(C3CC[NH2+]CC3)c3ncnc(N)c23)ccc1NC(=O)c1cc2ccccc2n1CC(=O)N(C)C. The van der Waals surface area contributed by atoms with E-state index < -0.39 is 5.97 Å². The van der Waals surface area contributed by atoms with E-state index in [-0.39, 0.29) is 24.4 Å². The highest BCUT2D eigenvalue weighted by atomic mass is 16.5. The molecule has 1 saturated heterocycles. The predicted molar refractivity (Wildman–Crippen MR) is 171 cm³/mol. The number of carbonyl (C=O) groups excluding carboxylic acids is 3. The first-order valence-corrected chi connectivity index (χ1v) is 14.8. The van der Waals surface area contributed by atoms with Crippen LogP contribution in [0.15, 0.2) is 54.9 Å². The van der Waals surface area contributed by atoms with Gasteiger partial charge in [0.25, 0.3) is 5.91 Å². The summed E-state index contributed by atoms with van der Waals surface area (Å²) in [5.74, 6) is -0.739. The van der Waals surface area contributed by atoms with Crippen molar-refractivity contribution in [2.75, 3.05) is 45.3 Å². The Morgan fingerprint density at radius 3 is 2.52 bits per heavy atom. The number of ether oxygens (including phenoxy) is 1. The molecule has 1 aliphatic rings. The Labute approximate surface area is 265 Å². The molecule has 0 aliphatic carbocycles. The second-order valence-electron chi connectivity index (χ2n) is 11.2. The molecule has 1 aliphatic heterocycles. The van der Waals surface area contributed by atoms with Crippen LogP contribution in [-0.4, -0.2) is 81.3 Å². The summed E-state index contributed by atoms with van der Waals surface area (Å²) in [6.45, 7) is 3.08. The number of nitrogen functional groups attached to an aromatic ring is 1. The number of nitrogens with one attached hydrogen (secondary N) is 1. The number of hydrogen-bond donors (Lipinski definition) is 3. The van der Waals surface area contributed by atoms with Crippen LogP contribution in [0.4, 0.5) is 11.5 Å². The lowest BCUT2D eigenvalue weighted by Gasteiger charge is -2.21. The zero-order valence-electron chi connectivity index (χ0n) is 26.2. The smallest absolute Gasteiger partial charge is 0.272 e. The van der Waals surface area contributed by atoms with Crippen molar-refractivity contribution in [3.05, 3.63) is 60.6 Å². The van der Waals surface area contributed by atoms with Gasteiger partial charge in [-0.2, -0.15) is 5.10 Å². The van der Waals surface area contributed by atoms with Crippen LogP contribution < -0.4 is 26.2 Å². The number of amides is 2.